The third-order valence-corrected chi connectivity index (χ3v) is 5.69. The number of ether oxygens (including phenoxy) is 2. The van der Waals surface area contributed by atoms with Crippen LogP contribution in [0.1, 0.15) is 34.3 Å². The van der Waals surface area contributed by atoms with Gasteiger partial charge in [0.25, 0.3) is 5.91 Å². The molecule has 0 fully saturated rings. The molecule has 3 aromatic rings. The molecule has 1 N–H and O–H groups in total. The lowest BCUT2D eigenvalue weighted by molar-refractivity contribution is 0.0954. The second-order valence-corrected chi connectivity index (χ2v) is 8.30. The van der Waals surface area contributed by atoms with Gasteiger partial charge < -0.3 is 14.4 Å². The molecular formula is C29H29N7O3. The van der Waals surface area contributed by atoms with Crippen LogP contribution in [0.3, 0.4) is 0 Å². The molecule has 39 heavy (non-hydrogen) atoms. The van der Waals surface area contributed by atoms with Gasteiger partial charge in [-0.2, -0.15) is 10.5 Å². The Balaban J connectivity index is 2.02. The SMILES string of the molecule is COc1ccccc1N=NC(=NNC(=O)c1ccc(C)cc1)c1ccc(N(CCC#N)CCC#N)cc1OC. The number of aryl methyl sites for hydroxylation is 1. The summed E-state index contributed by atoms with van der Waals surface area (Å²) >= 11 is 0. The minimum absolute atomic E-state index is 0.102. The van der Waals surface area contributed by atoms with Gasteiger partial charge in [0, 0.05) is 30.4 Å². The van der Waals surface area contributed by atoms with E-state index in [9.17, 15) is 4.79 Å². The molecule has 3 aromatic carbocycles. The average molecular weight is 524 g/mol. The van der Waals surface area contributed by atoms with E-state index in [-0.39, 0.29) is 5.84 Å². The number of methoxy groups -OCH3 is 2. The fourth-order valence-corrected chi connectivity index (χ4v) is 3.62. The first-order valence-electron chi connectivity index (χ1n) is 12.2. The van der Waals surface area contributed by atoms with Crippen LogP contribution in [0.5, 0.6) is 11.5 Å². The van der Waals surface area contributed by atoms with E-state index in [1.807, 2.05) is 36.1 Å². The molecule has 0 saturated heterocycles. The number of benzene rings is 3. The average Bonchev–Trinajstić information content (AvgIpc) is 2.97. The number of amidine groups is 1. The van der Waals surface area contributed by atoms with Crippen molar-refractivity contribution in [3.05, 3.63) is 83.4 Å². The summed E-state index contributed by atoms with van der Waals surface area (Å²) in [5, 5.41) is 31.0. The van der Waals surface area contributed by atoms with Crippen LogP contribution < -0.4 is 19.8 Å². The van der Waals surface area contributed by atoms with Crippen molar-refractivity contribution in [2.75, 3.05) is 32.2 Å². The molecule has 198 valence electrons. The largest absolute Gasteiger partial charge is 0.496 e. The normalized spacial score (nSPS) is 10.9. The number of hydrogen-bond donors (Lipinski definition) is 1. The second-order valence-electron chi connectivity index (χ2n) is 8.30. The quantitative estimate of drug-likeness (QED) is 0.152. The zero-order valence-electron chi connectivity index (χ0n) is 22.1. The highest BCUT2D eigenvalue weighted by molar-refractivity contribution is 6.03. The molecule has 3 rings (SSSR count). The second kappa shape index (κ2) is 14.5. The Morgan fingerprint density at radius 2 is 1.59 bits per heavy atom. The van der Waals surface area contributed by atoms with E-state index < -0.39 is 5.91 Å². The Morgan fingerprint density at radius 3 is 2.23 bits per heavy atom. The van der Waals surface area contributed by atoms with E-state index in [0.717, 1.165) is 11.3 Å². The summed E-state index contributed by atoms with van der Waals surface area (Å²) in [7, 11) is 3.05. The Hall–Kier alpha value is -5.22. The molecule has 10 heteroatoms. The molecular weight excluding hydrogens is 494 g/mol. The van der Waals surface area contributed by atoms with E-state index in [4.69, 9.17) is 20.0 Å². The van der Waals surface area contributed by atoms with Gasteiger partial charge in [-0.1, -0.05) is 29.8 Å². The Labute approximate surface area is 227 Å². The van der Waals surface area contributed by atoms with Crippen molar-refractivity contribution >= 4 is 23.1 Å². The van der Waals surface area contributed by atoms with Crippen LogP contribution >= 0.6 is 0 Å². The number of carbonyl (C=O) groups excluding carboxylic acids is 1. The number of hydrazone groups is 1. The van der Waals surface area contributed by atoms with Crippen LogP contribution in [0.15, 0.2) is 82.1 Å². The predicted octanol–water partition coefficient (Wildman–Crippen LogP) is 5.52. The third-order valence-electron chi connectivity index (χ3n) is 5.69. The summed E-state index contributed by atoms with van der Waals surface area (Å²) in [5.74, 6) is 0.645. The van der Waals surface area contributed by atoms with Crippen LogP contribution in [0.25, 0.3) is 0 Å². The first-order valence-corrected chi connectivity index (χ1v) is 12.2. The summed E-state index contributed by atoms with van der Waals surface area (Å²) in [4.78, 5) is 14.7. The highest BCUT2D eigenvalue weighted by atomic mass is 16.5. The fraction of sp³-hybridized carbons (Fsp3) is 0.241. The Bertz CT molecular complexity index is 1400. The molecule has 0 aliphatic heterocycles. The predicted molar refractivity (Wildman–Crippen MR) is 148 cm³/mol. The number of azo groups is 1. The van der Waals surface area contributed by atoms with Gasteiger partial charge in [-0.25, -0.2) is 5.43 Å². The highest BCUT2D eigenvalue weighted by Crippen LogP contribution is 2.30. The lowest BCUT2D eigenvalue weighted by Gasteiger charge is -2.23. The van der Waals surface area contributed by atoms with Gasteiger partial charge in [0.15, 0.2) is 0 Å². The number of carbonyl (C=O) groups is 1. The van der Waals surface area contributed by atoms with Gasteiger partial charge >= 0.3 is 0 Å². The minimum Gasteiger partial charge on any atom is -0.496 e. The lowest BCUT2D eigenvalue weighted by atomic mass is 10.1. The van der Waals surface area contributed by atoms with E-state index in [1.165, 1.54) is 14.2 Å². The number of rotatable bonds is 11. The number of hydrogen-bond acceptors (Lipinski definition) is 8. The third kappa shape index (κ3) is 7.88. The molecule has 0 aliphatic carbocycles. The first kappa shape index (κ1) is 28.4. The lowest BCUT2D eigenvalue weighted by Crippen LogP contribution is -2.25. The van der Waals surface area contributed by atoms with E-state index in [2.05, 4.69) is 32.9 Å². The molecule has 0 atom stereocenters. The van der Waals surface area contributed by atoms with Crippen LogP contribution in [-0.2, 0) is 0 Å². The maximum atomic E-state index is 12.8. The summed E-state index contributed by atoms with van der Waals surface area (Å²) < 4.78 is 11.0. The standard InChI is InChI=1S/C29H29N7O3/c1-21-10-12-22(13-11-21)29(37)35-34-28(33-32-25-8-4-5-9-26(25)38-2)24-15-14-23(20-27(24)39-3)36(18-6-16-30)19-7-17-31/h4-5,8-15,20H,6-7,18-19H2,1-3H3,(H,35,37). The summed E-state index contributed by atoms with van der Waals surface area (Å²) in [6, 6.07) is 23.9. The molecule has 1 amide bonds. The van der Waals surface area contributed by atoms with Crippen molar-refractivity contribution < 1.29 is 14.3 Å². The van der Waals surface area contributed by atoms with Gasteiger partial charge in [-0.3, -0.25) is 4.79 Å². The van der Waals surface area contributed by atoms with Crippen molar-refractivity contribution in [3.8, 4) is 23.6 Å². The fourth-order valence-electron chi connectivity index (χ4n) is 3.62. The molecule has 10 nitrogen and oxygen atoms in total. The summed E-state index contributed by atoms with van der Waals surface area (Å²) in [6.07, 6.45) is 0.612. The van der Waals surface area contributed by atoms with Gasteiger partial charge in [-0.05, 0) is 43.3 Å². The smallest absolute Gasteiger partial charge is 0.271 e. The zero-order chi connectivity index (χ0) is 28.0. The molecule has 0 bridgehead atoms. The molecule has 0 aromatic heterocycles. The van der Waals surface area contributed by atoms with Crippen molar-refractivity contribution in [2.45, 2.75) is 19.8 Å². The number of nitriles is 2. The van der Waals surface area contributed by atoms with E-state index in [1.54, 1.807) is 42.5 Å². The molecule has 0 aliphatic rings. The molecule has 0 radical (unpaired) electrons. The number of nitrogens with one attached hydrogen (secondary N) is 1. The number of nitrogens with zero attached hydrogens (tertiary/aromatic N) is 6. The van der Waals surface area contributed by atoms with Crippen molar-refractivity contribution in [1.29, 1.82) is 10.5 Å². The van der Waals surface area contributed by atoms with Gasteiger partial charge in [0.1, 0.15) is 17.2 Å². The monoisotopic (exact) mass is 523 g/mol. The van der Waals surface area contributed by atoms with Crippen molar-refractivity contribution in [3.63, 3.8) is 0 Å². The Kier molecular flexibility index (Phi) is 10.5. The maximum Gasteiger partial charge on any atom is 0.271 e. The van der Waals surface area contributed by atoms with Crippen molar-refractivity contribution in [1.82, 2.24) is 5.43 Å². The Morgan fingerprint density at radius 1 is 0.923 bits per heavy atom. The van der Waals surface area contributed by atoms with Crippen LogP contribution in [0.4, 0.5) is 11.4 Å². The van der Waals surface area contributed by atoms with Gasteiger partial charge in [-0.15, -0.1) is 15.3 Å². The highest BCUT2D eigenvalue weighted by Gasteiger charge is 2.16. The minimum atomic E-state index is -0.408. The molecule has 0 spiro atoms. The zero-order valence-corrected chi connectivity index (χ0v) is 22.1. The number of para-hydroxylation sites is 1. The van der Waals surface area contributed by atoms with Crippen molar-refractivity contribution in [2.24, 2.45) is 15.3 Å². The summed E-state index contributed by atoms with van der Waals surface area (Å²) in [6.45, 7) is 2.86. The maximum absolute atomic E-state index is 12.8. The van der Waals surface area contributed by atoms with E-state index in [0.29, 0.717) is 54.2 Å². The van der Waals surface area contributed by atoms with Gasteiger partial charge in [0.2, 0.25) is 5.84 Å². The van der Waals surface area contributed by atoms with Gasteiger partial charge in [0.05, 0.1) is 44.8 Å². The first-order chi connectivity index (χ1) is 19.0. The molecule has 0 unspecified atom stereocenters. The van der Waals surface area contributed by atoms with Crippen LogP contribution in [0.2, 0.25) is 0 Å². The number of amides is 1. The van der Waals surface area contributed by atoms with Crippen LogP contribution in [0, 0.1) is 29.6 Å². The topological polar surface area (TPSA) is 135 Å². The van der Waals surface area contributed by atoms with E-state index >= 15 is 0 Å². The molecule has 0 heterocycles. The summed E-state index contributed by atoms with van der Waals surface area (Å²) in [5.41, 5.74) is 5.75. The van der Waals surface area contributed by atoms with Crippen LogP contribution in [-0.4, -0.2) is 39.1 Å². The molecule has 0 saturated carbocycles. The number of anilines is 1.